The predicted octanol–water partition coefficient (Wildman–Crippen LogP) is 11.1. The van der Waals surface area contributed by atoms with Gasteiger partial charge in [-0.3, -0.25) is 0 Å². The molecular weight excluding hydrogens is 506 g/mol. The fraction of sp³-hybridized carbons (Fsp3) is 0.341. The van der Waals surface area contributed by atoms with Crippen molar-refractivity contribution in [2.45, 2.75) is 83.0 Å². The number of hydrogen-bond acceptors (Lipinski definition) is 0. The maximum Gasteiger partial charge on any atom is 0.213 e. The average Bonchev–Trinajstić information content (AvgIpc) is 3.05. The normalized spacial score (nSPS) is 16.6. The highest BCUT2D eigenvalue weighted by Crippen LogP contribution is 2.40. The van der Waals surface area contributed by atoms with Crippen molar-refractivity contribution in [1.29, 1.82) is 0 Å². The molecule has 0 aliphatic heterocycles. The predicted molar refractivity (Wildman–Crippen MR) is 178 cm³/mol. The van der Waals surface area contributed by atoms with E-state index < -0.39 is 0 Å². The van der Waals surface area contributed by atoms with Crippen LogP contribution in [-0.4, -0.2) is 0 Å². The molecule has 0 radical (unpaired) electrons. The van der Waals surface area contributed by atoms with Crippen molar-refractivity contribution in [2.24, 2.45) is 7.05 Å². The zero-order valence-electron chi connectivity index (χ0n) is 25.4. The van der Waals surface area contributed by atoms with E-state index in [0.29, 0.717) is 5.92 Å². The Morgan fingerprint density at radius 1 is 0.548 bits per heavy atom. The van der Waals surface area contributed by atoms with Gasteiger partial charge in [0.1, 0.15) is 7.05 Å². The van der Waals surface area contributed by atoms with Crippen molar-refractivity contribution in [3.8, 4) is 33.5 Å². The Morgan fingerprint density at radius 2 is 1.14 bits per heavy atom. The summed E-state index contributed by atoms with van der Waals surface area (Å²) in [5, 5.41) is 2.63. The van der Waals surface area contributed by atoms with E-state index in [9.17, 15) is 0 Å². The lowest BCUT2D eigenvalue weighted by Crippen LogP contribution is -2.32. The molecule has 1 heteroatoms. The summed E-state index contributed by atoms with van der Waals surface area (Å²) in [6, 6.07) is 34.8. The first kappa shape index (κ1) is 27.1. The monoisotopic (exact) mass is 550 g/mol. The van der Waals surface area contributed by atoms with Crippen LogP contribution in [0.4, 0.5) is 0 Å². The number of benzene rings is 4. The molecule has 7 rings (SSSR count). The number of hydrogen-bond donors (Lipinski definition) is 0. The van der Waals surface area contributed by atoms with Gasteiger partial charge in [-0.25, -0.2) is 4.57 Å². The fourth-order valence-corrected chi connectivity index (χ4v) is 7.76. The van der Waals surface area contributed by atoms with Gasteiger partial charge in [0.05, 0.1) is 0 Å². The number of fused-ring (bicyclic) bond motifs is 1. The van der Waals surface area contributed by atoms with Crippen LogP contribution in [0.1, 0.15) is 92.7 Å². The van der Waals surface area contributed by atoms with Crippen molar-refractivity contribution in [2.75, 3.05) is 0 Å². The van der Waals surface area contributed by atoms with Crippen molar-refractivity contribution >= 4 is 10.8 Å². The Kier molecular flexibility index (Phi) is 7.68. The van der Waals surface area contributed by atoms with Gasteiger partial charge in [-0.05, 0) is 107 Å². The highest BCUT2D eigenvalue weighted by atomic mass is 14.9. The number of nitrogens with zero attached hydrogens (tertiary/aromatic N) is 1. The molecule has 5 aromatic rings. The first-order valence-corrected chi connectivity index (χ1v) is 16.4. The lowest BCUT2D eigenvalue weighted by molar-refractivity contribution is -0.660. The van der Waals surface area contributed by atoms with Gasteiger partial charge in [-0.2, -0.15) is 0 Å². The van der Waals surface area contributed by atoms with Gasteiger partial charge in [0.25, 0.3) is 0 Å². The SMILES string of the molecule is Cc1ccccc1-c1cc(-c2ccc3cc(-c4ccc(C5CCCCC5)cc4)ccc3c2)c(C2CCCCC2)c[n+]1C. The molecular formula is C41H44N+. The first-order valence-electron chi connectivity index (χ1n) is 16.4. The Labute approximate surface area is 252 Å². The molecule has 0 bridgehead atoms. The van der Waals surface area contributed by atoms with Gasteiger partial charge in [0.15, 0.2) is 6.20 Å². The highest BCUT2D eigenvalue weighted by Gasteiger charge is 2.25. The summed E-state index contributed by atoms with van der Waals surface area (Å²) in [6.07, 6.45) is 16.0. The summed E-state index contributed by atoms with van der Waals surface area (Å²) < 4.78 is 2.36. The van der Waals surface area contributed by atoms with Gasteiger partial charge in [-0.15, -0.1) is 0 Å². The Morgan fingerprint density at radius 3 is 1.83 bits per heavy atom. The first-order chi connectivity index (χ1) is 20.6. The number of pyridine rings is 1. The van der Waals surface area contributed by atoms with Gasteiger partial charge in [-0.1, -0.05) is 105 Å². The van der Waals surface area contributed by atoms with E-state index >= 15 is 0 Å². The molecule has 0 atom stereocenters. The zero-order valence-corrected chi connectivity index (χ0v) is 25.4. The van der Waals surface area contributed by atoms with Crippen molar-refractivity contribution < 1.29 is 4.57 Å². The molecule has 0 N–H and O–H groups in total. The highest BCUT2D eigenvalue weighted by molar-refractivity contribution is 5.91. The third-order valence-electron chi connectivity index (χ3n) is 10.2. The minimum absolute atomic E-state index is 0.639. The van der Waals surface area contributed by atoms with Crippen LogP contribution in [0.25, 0.3) is 44.3 Å². The summed E-state index contributed by atoms with van der Waals surface area (Å²) in [5.74, 6) is 1.40. The molecule has 0 amide bonds. The minimum Gasteiger partial charge on any atom is -0.201 e. The van der Waals surface area contributed by atoms with Crippen LogP contribution in [-0.2, 0) is 7.05 Å². The topological polar surface area (TPSA) is 3.88 Å². The van der Waals surface area contributed by atoms with Crippen molar-refractivity contribution in [3.05, 3.63) is 114 Å². The average molecular weight is 551 g/mol. The smallest absolute Gasteiger partial charge is 0.201 e. The van der Waals surface area contributed by atoms with Crippen LogP contribution >= 0.6 is 0 Å². The molecule has 1 heterocycles. The number of aryl methyl sites for hydroxylation is 2. The maximum atomic E-state index is 2.47. The molecule has 0 unspecified atom stereocenters. The van der Waals surface area contributed by atoms with Gasteiger partial charge in [0, 0.05) is 17.2 Å². The van der Waals surface area contributed by atoms with Crippen LogP contribution in [0.15, 0.2) is 97.2 Å². The molecule has 42 heavy (non-hydrogen) atoms. The van der Waals surface area contributed by atoms with Crippen LogP contribution in [0, 0.1) is 6.92 Å². The third-order valence-corrected chi connectivity index (χ3v) is 10.2. The van der Waals surface area contributed by atoms with Crippen LogP contribution in [0.2, 0.25) is 0 Å². The Hall–Kier alpha value is -3.71. The maximum absolute atomic E-state index is 2.47. The molecule has 2 fully saturated rings. The van der Waals surface area contributed by atoms with Gasteiger partial charge < -0.3 is 0 Å². The summed E-state index contributed by atoms with van der Waals surface area (Å²) in [7, 11) is 2.22. The summed E-state index contributed by atoms with van der Waals surface area (Å²) in [5.41, 5.74) is 12.3. The van der Waals surface area contributed by atoms with Crippen LogP contribution in [0.3, 0.4) is 0 Å². The van der Waals surface area contributed by atoms with Crippen molar-refractivity contribution in [3.63, 3.8) is 0 Å². The quantitative estimate of drug-likeness (QED) is 0.192. The standard InChI is InChI=1S/C41H44N/c1-29-11-9-10-16-38(29)41-27-39(40(28-42(41)2)33-14-7-4-8-15-33)37-24-23-35-25-34(21-22-36(35)26-37)32-19-17-31(18-20-32)30-12-5-3-6-13-30/h9-11,16-28,30,33H,3-8,12-15H2,1-2H3/q+1. The van der Waals surface area contributed by atoms with E-state index in [2.05, 4.69) is 116 Å². The molecule has 1 nitrogen and oxygen atoms in total. The summed E-state index contributed by atoms with van der Waals surface area (Å²) in [6.45, 7) is 2.22. The van der Waals surface area contributed by atoms with Crippen LogP contribution < -0.4 is 4.57 Å². The molecule has 1 aromatic heterocycles. The van der Waals surface area contributed by atoms with E-state index in [1.54, 1.807) is 0 Å². The van der Waals surface area contributed by atoms with E-state index in [1.807, 2.05) is 0 Å². The minimum atomic E-state index is 0.639. The second kappa shape index (κ2) is 11.9. The lowest BCUT2D eigenvalue weighted by atomic mass is 9.81. The van der Waals surface area contributed by atoms with E-state index in [0.717, 1.165) is 5.92 Å². The Balaban J connectivity index is 1.25. The molecule has 2 aliphatic carbocycles. The number of rotatable bonds is 5. The Bertz CT molecular complexity index is 1700. The summed E-state index contributed by atoms with van der Waals surface area (Å²) >= 11 is 0. The summed E-state index contributed by atoms with van der Waals surface area (Å²) in [4.78, 5) is 0. The lowest BCUT2D eigenvalue weighted by Gasteiger charge is -2.24. The second-order valence-electron chi connectivity index (χ2n) is 13.0. The van der Waals surface area contributed by atoms with Crippen LogP contribution in [0.5, 0.6) is 0 Å². The van der Waals surface area contributed by atoms with Gasteiger partial charge >= 0.3 is 0 Å². The van der Waals surface area contributed by atoms with E-state index in [4.69, 9.17) is 0 Å². The molecule has 212 valence electrons. The molecule has 2 aliphatic rings. The number of aromatic nitrogens is 1. The zero-order chi connectivity index (χ0) is 28.5. The molecule has 4 aromatic carbocycles. The van der Waals surface area contributed by atoms with E-state index in [1.165, 1.54) is 125 Å². The molecule has 2 saturated carbocycles. The fourth-order valence-electron chi connectivity index (χ4n) is 7.76. The second-order valence-corrected chi connectivity index (χ2v) is 13.0. The van der Waals surface area contributed by atoms with Crippen molar-refractivity contribution in [1.82, 2.24) is 0 Å². The van der Waals surface area contributed by atoms with E-state index in [-0.39, 0.29) is 0 Å². The van der Waals surface area contributed by atoms with Gasteiger partial charge in [0.2, 0.25) is 5.69 Å². The molecule has 0 spiro atoms. The third kappa shape index (κ3) is 5.42. The molecule has 0 saturated heterocycles. The largest absolute Gasteiger partial charge is 0.213 e.